The number of halogens is 1. The Hall–Kier alpha value is -3.26. The number of hydrogen-bond acceptors (Lipinski definition) is 6. The lowest BCUT2D eigenvalue weighted by Gasteiger charge is -2.08. The zero-order valence-corrected chi connectivity index (χ0v) is 13.7. The summed E-state index contributed by atoms with van der Waals surface area (Å²) in [5.74, 6) is -0.119. The molecule has 2 heterocycles. The van der Waals surface area contributed by atoms with Crippen LogP contribution in [0.25, 0.3) is 0 Å². The van der Waals surface area contributed by atoms with E-state index in [2.05, 4.69) is 9.97 Å². The van der Waals surface area contributed by atoms with Gasteiger partial charge in [0.25, 0.3) is 0 Å². The van der Waals surface area contributed by atoms with Crippen LogP contribution in [-0.2, 0) is 7.05 Å². The van der Waals surface area contributed by atoms with Gasteiger partial charge in [-0.1, -0.05) is 11.6 Å². The first-order valence-electron chi connectivity index (χ1n) is 7.06. The van der Waals surface area contributed by atoms with E-state index in [1.54, 1.807) is 19.3 Å². The fraction of sp³-hybridized carbons (Fsp3) is 0.0625. The van der Waals surface area contributed by atoms with Crippen molar-refractivity contribution in [1.29, 1.82) is 0 Å². The number of carbonyl (C=O) groups excluding carboxylic acids is 1. The summed E-state index contributed by atoms with van der Waals surface area (Å²) in [4.78, 5) is 31.0. The zero-order valence-electron chi connectivity index (χ0n) is 12.9. The number of ketones is 1. The van der Waals surface area contributed by atoms with Crippen molar-refractivity contribution in [2.75, 3.05) is 0 Å². The van der Waals surface area contributed by atoms with Crippen LogP contribution in [0, 0.1) is 10.1 Å². The highest BCUT2D eigenvalue weighted by molar-refractivity contribution is 6.30. The molecular formula is C16H11ClN4O4. The van der Waals surface area contributed by atoms with Gasteiger partial charge in [0.2, 0.25) is 11.5 Å². The number of nitro groups is 1. The maximum absolute atomic E-state index is 12.4. The molecule has 0 aliphatic carbocycles. The van der Waals surface area contributed by atoms with Gasteiger partial charge in [0.1, 0.15) is 0 Å². The van der Waals surface area contributed by atoms with Crippen LogP contribution < -0.4 is 4.74 Å². The first kappa shape index (κ1) is 16.6. The molecule has 1 aromatic carbocycles. The van der Waals surface area contributed by atoms with Gasteiger partial charge in [-0.25, -0.2) is 9.97 Å². The summed E-state index contributed by atoms with van der Waals surface area (Å²) in [5.41, 5.74) is -0.231. The predicted molar refractivity (Wildman–Crippen MR) is 89.1 cm³/mol. The van der Waals surface area contributed by atoms with Gasteiger partial charge in [-0.2, -0.15) is 0 Å². The van der Waals surface area contributed by atoms with Crippen LogP contribution in [0.5, 0.6) is 11.5 Å². The number of pyridine rings is 1. The third kappa shape index (κ3) is 3.33. The van der Waals surface area contributed by atoms with E-state index < -0.39 is 10.7 Å². The maximum atomic E-state index is 12.4. The second-order valence-electron chi connectivity index (χ2n) is 5.02. The average molecular weight is 359 g/mol. The van der Waals surface area contributed by atoms with Gasteiger partial charge in [-0.3, -0.25) is 14.9 Å². The number of imidazole rings is 1. The van der Waals surface area contributed by atoms with Crippen LogP contribution in [0.4, 0.5) is 5.69 Å². The van der Waals surface area contributed by atoms with Crippen molar-refractivity contribution >= 4 is 23.1 Å². The minimum Gasteiger partial charge on any atom is -0.447 e. The highest BCUT2D eigenvalue weighted by atomic mass is 35.5. The fourth-order valence-electron chi connectivity index (χ4n) is 2.17. The molecule has 0 bridgehead atoms. The number of nitro benzene ring substituents is 1. The van der Waals surface area contributed by atoms with Crippen LogP contribution >= 0.6 is 11.6 Å². The lowest BCUT2D eigenvalue weighted by molar-refractivity contribution is -0.385. The van der Waals surface area contributed by atoms with E-state index in [9.17, 15) is 14.9 Å². The number of rotatable bonds is 5. The Morgan fingerprint density at radius 1 is 1.24 bits per heavy atom. The quantitative estimate of drug-likeness (QED) is 0.300. The van der Waals surface area contributed by atoms with E-state index >= 15 is 0 Å². The molecule has 0 aliphatic heterocycles. The molecule has 0 radical (unpaired) electrons. The van der Waals surface area contributed by atoms with Crippen LogP contribution in [0.1, 0.15) is 16.2 Å². The van der Waals surface area contributed by atoms with E-state index in [1.807, 2.05) is 0 Å². The Kier molecular flexibility index (Phi) is 4.44. The molecule has 126 valence electrons. The number of aromatic nitrogens is 3. The Labute approximate surface area is 146 Å². The first-order valence-corrected chi connectivity index (χ1v) is 7.44. The van der Waals surface area contributed by atoms with Crippen molar-refractivity contribution in [3.8, 4) is 11.5 Å². The molecule has 0 spiro atoms. The minimum absolute atomic E-state index is 0.0451. The smallest absolute Gasteiger partial charge is 0.312 e. The summed E-state index contributed by atoms with van der Waals surface area (Å²) >= 11 is 5.90. The first-order chi connectivity index (χ1) is 12.0. The normalized spacial score (nSPS) is 10.5. The SMILES string of the molecule is Cn1ccnc1C(=O)c1ccc(Oc2cccnc2Cl)c([N+](=O)[O-])c1. The molecule has 0 saturated heterocycles. The van der Waals surface area contributed by atoms with E-state index in [4.69, 9.17) is 16.3 Å². The Morgan fingerprint density at radius 3 is 2.68 bits per heavy atom. The largest absolute Gasteiger partial charge is 0.447 e. The summed E-state index contributed by atoms with van der Waals surface area (Å²) in [6, 6.07) is 7.05. The fourth-order valence-corrected chi connectivity index (χ4v) is 2.32. The third-order valence-corrected chi connectivity index (χ3v) is 3.67. The lowest BCUT2D eigenvalue weighted by atomic mass is 10.1. The number of benzene rings is 1. The summed E-state index contributed by atoms with van der Waals surface area (Å²) < 4.78 is 7.02. The van der Waals surface area contributed by atoms with Gasteiger partial charge in [0, 0.05) is 37.3 Å². The molecule has 0 unspecified atom stereocenters. The van der Waals surface area contributed by atoms with Gasteiger partial charge in [0.05, 0.1) is 4.92 Å². The van der Waals surface area contributed by atoms with Crippen molar-refractivity contribution in [2.45, 2.75) is 0 Å². The Bertz CT molecular complexity index is 970. The van der Waals surface area contributed by atoms with Crippen LogP contribution in [0.2, 0.25) is 5.15 Å². The van der Waals surface area contributed by atoms with Crippen molar-refractivity contribution in [3.63, 3.8) is 0 Å². The van der Waals surface area contributed by atoms with Crippen LogP contribution in [-0.4, -0.2) is 25.2 Å². The molecule has 3 rings (SSSR count). The van der Waals surface area contributed by atoms with E-state index in [0.29, 0.717) is 0 Å². The number of nitrogens with zero attached hydrogens (tertiary/aromatic N) is 4. The third-order valence-electron chi connectivity index (χ3n) is 3.39. The van der Waals surface area contributed by atoms with Gasteiger partial charge < -0.3 is 9.30 Å². The van der Waals surface area contributed by atoms with Crippen LogP contribution in [0.3, 0.4) is 0 Å². The van der Waals surface area contributed by atoms with Crippen molar-refractivity contribution in [1.82, 2.24) is 14.5 Å². The summed E-state index contributed by atoms with van der Waals surface area (Å²) in [6.45, 7) is 0. The molecule has 0 amide bonds. The molecule has 0 atom stereocenters. The highest BCUT2D eigenvalue weighted by Gasteiger charge is 2.22. The topological polar surface area (TPSA) is 100 Å². The maximum Gasteiger partial charge on any atom is 0.312 e. The van der Waals surface area contributed by atoms with Gasteiger partial charge in [-0.05, 0) is 24.3 Å². The Balaban J connectivity index is 1.99. The molecule has 0 saturated carbocycles. The molecule has 9 heteroatoms. The molecular weight excluding hydrogens is 348 g/mol. The number of aryl methyl sites for hydroxylation is 1. The monoisotopic (exact) mass is 358 g/mol. The molecule has 0 fully saturated rings. The standard InChI is InChI=1S/C16H11ClN4O4/c1-20-8-7-19-16(20)14(22)10-4-5-12(11(9-10)21(23)24)25-13-3-2-6-18-15(13)17/h2-9H,1H3. The highest BCUT2D eigenvalue weighted by Crippen LogP contribution is 2.34. The lowest BCUT2D eigenvalue weighted by Crippen LogP contribution is -2.09. The zero-order chi connectivity index (χ0) is 18.0. The molecule has 8 nitrogen and oxygen atoms in total. The molecule has 2 aromatic heterocycles. The van der Waals surface area contributed by atoms with E-state index in [-0.39, 0.29) is 33.7 Å². The molecule has 0 N–H and O–H groups in total. The Morgan fingerprint density at radius 2 is 2.04 bits per heavy atom. The predicted octanol–water partition coefficient (Wildman–Crippen LogP) is 3.40. The van der Waals surface area contributed by atoms with Gasteiger partial charge in [0.15, 0.2) is 16.7 Å². The number of ether oxygens (including phenoxy) is 1. The molecule has 3 aromatic rings. The van der Waals surface area contributed by atoms with E-state index in [0.717, 1.165) is 6.07 Å². The average Bonchev–Trinajstić information content (AvgIpc) is 3.02. The summed E-state index contributed by atoms with van der Waals surface area (Å²) in [6.07, 6.45) is 4.56. The van der Waals surface area contributed by atoms with Crippen molar-refractivity contribution in [3.05, 3.63) is 75.6 Å². The second-order valence-corrected chi connectivity index (χ2v) is 5.38. The van der Waals surface area contributed by atoms with Crippen LogP contribution in [0.15, 0.2) is 48.9 Å². The van der Waals surface area contributed by atoms with Crippen molar-refractivity contribution in [2.24, 2.45) is 7.05 Å². The van der Waals surface area contributed by atoms with Gasteiger partial charge >= 0.3 is 5.69 Å². The van der Waals surface area contributed by atoms with Crippen molar-refractivity contribution < 1.29 is 14.5 Å². The van der Waals surface area contributed by atoms with Gasteiger partial charge in [-0.15, -0.1) is 0 Å². The summed E-state index contributed by atoms with van der Waals surface area (Å²) in [7, 11) is 1.66. The molecule has 25 heavy (non-hydrogen) atoms. The summed E-state index contributed by atoms with van der Waals surface area (Å²) in [5, 5.41) is 11.4. The minimum atomic E-state index is -0.630. The molecule has 0 aliphatic rings. The number of hydrogen-bond donors (Lipinski definition) is 0. The second kappa shape index (κ2) is 6.70. The number of carbonyl (C=O) groups is 1. The van der Waals surface area contributed by atoms with E-state index in [1.165, 1.54) is 35.2 Å².